The normalized spacial score (nSPS) is 12.7. The third kappa shape index (κ3) is 28.3. The predicted molar refractivity (Wildman–Crippen MR) is 301 cm³/mol. The maximum atomic E-state index is 4.59. The van der Waals surface area contributed by atoms with Crippen molar-refractivity contribution >= 4 is 22.8 Å². The first-order valence-corrected chi connectivity index (χ1v) is 23.0. The standard InChI is InChI=1S/C20H12N4.8C6H5.Pt/c1-2-14-10-16-5-6-18(23-16)12-20-8-7-19(24-20)11-17-4-3-15(22-17)9-13(1)21-14;8*1-2-4-6-5-3-1;/h1-12H;8*1-5H;/q;8*-1;. The first kappa shape index (κ1) is 56.6. The average molecular weight is 1120 g/mol. The summed E-state index contributed by atoms with van der Waals surface area (Å²) in [5.41, 5.74) is 7.15. The van der Waals surface area contributed by atoms with Gasteiger partial charge >= 0.3 is 0 Å². The minimum atomic E-state index is 0. The number of fused-ring (bicyclic) bond motifs is 4. The van der Waals surface area contributed by atoms with E-state index in [0.29, 0.717) is 0 Å². The minimum Gasteiger partial charge on any atom is -0.249 e. The zero-order valence-corrected chi connectivity index (χ0v) is 42.4. The number of hydrogen-bond acceptors (Lipinski definition) is 4. The summed E-state index contributed by atoms with van der Waals surface area (Å²) in [5.74, 6) is 0. The van der Waals surface area contributed by atoms with Gasteiger partial charge in [-0.05, 0) is 72.9 Å². The number of benzene rings is 8. The van der Waals surface area contributed by atoms with Gasteiger partial charge in [-0.15, -0.1) is 0 Å². The molecule has 8 aromatic rings. The fraction of sp³-hybridized carbons (Fsp3) is 0. The van der Waals surface area contributed by atoms with Gasteiger partial charge in [-0.25, -0.2) is 20.0 Å². The van der Waals surface area contributed by atoms with Crippen LogP contribution in [0.25, 0.3) is 0 Å². The summed E-state index contributed by atoms with van der Waals surface area (Å²) in [6, 6.07) is 100. The van der Waals surface area contributed by atoms with E-state index in [4.69, 9.17) is 0 Å². The summed E-state index contributed by atoms with van der Waals surface area (Å²) in [4.78, 5) is 18.4. The van der Waals surface area contributed by atoms with Crippen LogP contribution in [0.3, 0.4) is 0 Å². The van der Waals surface area contributed by atoms with E-state index in [2.05, 4.69) is 68.5 Å². The fourth-order valence-corrected chi connectivity index (χ4v) is 5.56. The van der Waals surface area contributed by atoms with Gasteiger partial charge in [-0.3, -0.25) is 0 Å². The number of rotatable bonds is 0. The molecule has 0 fully saturated rings. The van der Waals surface area contributed by atoms with Gasteiger partial charge in [0.1, 0.15) is 0 Å². The summed E-state index contributed by atoms with van der Waals surface area (Å²) in [6.45, 7) is 0. The minimum absolute atomic E-state index is 0. The van der Waals surface area contributed by atoms with Crippen LogP contribution in [-0.2, 0) is 21.1 Å². The van der Waals surface area contributed by atoms with Crippen LogP contribution >= 0.6 is 0 Å². The Bertz CT molecular complexity index is 2220. The van der Waals surface area contributed by atoms with Crippen LogP contribution in [0.5, 0.6) is 0 Å². The van der Waals surface area contributed by atoms with E-state index in [1.54, 1.807) is 0 Å². The Labute approximate surface area is 448 Å². The molecule has 0 spiro atoms. The Balaban J connectivity index is 0.000000196. The first-order valence-electron chi connectivity index (χ1n) is 23.0. The molecule has 0 saturated carbocycles. The smallest absolute Gasteiger partial charge is 0.0659 e. The van der Waals surface area contributed by atoms with Crippen LogP contribution in [0.2, 0.25) is 0 Å². The third-order valence-electron chi connectivity index (χ3n) is 8.77. The molecule has 0 aliphatic carbocycles. The second-order valence-electron chi connectivity index (χ2n) is 14.4. The van der Waals surface area contributed by atoms with Crippen molar-refractivity contribution in [2.45, 2.75) is 0 Å². The number of allylic oxidation sites excluding steroid dienone is 12. The SMILES string of the molecule is C1=CC2=NC1=CC1=NC(=CC3=NC(=CC4=NC(=C2)C=C4)C=C3)C=C1.[Pt].[c-]1ccccc1.[c-]1ccccc1.[c-]1ccccc1.[c-]1ccccc1.[c-]1ccccc1.[c-]1ccccc1.[c-]1ccccc1.[c-]1ccccc1. The van der Waals surface area contributed by atoms with Gasteiger partial charge in [-0.2, -0.15) is 291 Å². The molecule has 0 unspecified atom stereocenters. The topological polar surface area (TPSA) is 49.4 Å². The number of hydrogen-bond donors (Lipinski definition) is 0. The van der Waals surface area contributed by atoms with Crippen molar-refractivity contribution in [1.82, 2.24) is 0 Å². The molecule has 0 aromatic heterocycles. The van der Waals surface area contributed by atoms with Crippen molar-refractivity contribution < 1.29 is 21.1 Å². The maximum Gasteiger partial charge on any atom is 0.0659 e. The van der Waals surface area contributed by atoms with Crippen molar-refractivity contribution in [3.63, 3.8) is 0 Å². The molecule has 73 heavy (non-hydrogen) atoms. The van der Waals surface area contributed by atoms with E-state index in [1.807, 2.05) is 316 Å². The maximum absolute atomic E-state index is 4.59. The molecule has 0 atom stereocenters. The van der Waals surface area contributed by atoms with Crippen LogP contribution in [-0.4, -0.2) is 22.8 Å². The molecule has 0 amide bonds. The molecule has 5 heterocycles. The predicted octanol–water partition coefficient (Wildman–Crippen LogP) is 15.5. The molecule has 0 N–H and O–H groups in total. The molecule has 13 rings (SSSR count). The van der Waals surface area contributed by atoms with Crippen molar-refractivity contribution in [3.8, 4) is 0 Å². The molecular weight excluding hydrogens is 1070 g/mol. The third-order valence-corrected chi connectivity index (χ3v) is 8.77. The average Bonchev–Trinajstić information content (AvgIpc) is 4.34. The van der Waals surface area contributed by atoms with Crippen LogP contribution in [0.4, 0.5) is 0 Å². The fourth-order valence-electron chi connectivity index (χ4n) is 5.56. The van der Waals surface area contributed by atoms with Gasteiger partial charge in [0.2, 0.25) is 0 Å². The zero-order valence-electron chi connectivity index (χ0n) is 40.1. The number of nitrogens with zero attached hydrogens (tertiary/aromatic N) is 4. The second kappa shape index (κ2) is 38.8. The molecule has 5 heteroatoms. The van der Waals surface area contributed by atoms with Gasteiger partial charge in [0.25, 0.3) is 0 Å². The van der Waals surface area contributed by atoms with E-state index in [0.717, 1.165) is 45.6 Å². The van der Waals surface area contributed by atoms with Crippen molar-refractivity contribution in [2.75, 3.05) is 0 Å². The summed E-state index contributed by atoms with van der Waals surface area (Å²) in [6.07, 6.45) is 23.8. The van der Waals surface area contributed by atoms with Crippen molar-refractivity contribution in [2.24, 2.45) is 20.0 Å². The molecule has 5 aliphatic rings. The van der Waals surface area contributed by atoms with E-state index in [1.165, 1.54) is 0 Å². The van der Waals surface area contributed by atoms with Gasteiger partial charge in [0.15, 0.2) is 0 Å². The van der Waals surface area contributed by atoms with Crippen LogP contribution in [0.15, 0.2) is 358 Å². The molecule has 362 valence electrons. The van der Waals surface area contributed by atoms with Gasteiger partial charge in [0, 0.05) is 21.1 Å². The quantitative estimate of drug-likeness (QED) is 0.136. The summed E-state index contributed by atoms with van der Waals surface area (Å²) < 4.78 is 0. The number of aliphatic imine (C=N–C) groups is 4. The molecular formula is C68H52N4Pt-8. The van der Waals surface area contributed by atoms with Gasteiger partial charge < -0.3 is 0 Å². The van der Waals surface area contributed by atoms with Gasteiger partial charge in [0.05, 0.1) is 45.6 Å². The van der Waals surface area contributed by atoms with Crippen molar-refractivity contribution in [1.29, 1.82) is 0 Å². The molecule has 8 bridgehead atoms. The van der Waals surface area contributed by atoms with Crippen molar-refractivity contribution in [3.05, 3.63) is 387 Å². The molecule has 5 aliphatic heterocycles. The Morgan fingerprint density at radius 2 is 0.315 bits per heavy atom. The second-order valence-corrected chi connectivity index (χ2v) is 14.4. The molecule has 4 nitrogen and oxygen atoms in total. The Morgan fingerprint density at radius 3 is 0.411 bits per heavy atom. The van der Waals surface area contributed by atoms with E-state index < -0.39 is 0 Å². The Kier molecular flexibility index (Phi) is 30.1. The van der Waals surface area contributed by atoms with Crippen LogP contribution in [0, 0.1) is 48.5 Å². The van der Waals surface area contributed by atoms with E-state index in [-0.39, 0.29) is 21.1 Å². The molecule has 8 aromatic carbocycles. The first-order chi connectivity index (χ1) is 35.8. The summed E-state index contributed by atoms with van der Waals surface area (Å²) in [5, 5.41) is 0. The monoisotopic (exact) mass is 1120 g/mol. The zero-order chi connectivity index (χ0) is 49.9. The van der Waals surface area contributed by atoms with Crippen LogP contribution < -0.4 is 0 Å². The largest absolute Gasteiger partial charge is 0.249 e. The van der Waals surface area contributed by atoms with Gasteiger partial charge in [-0.1, -0.05) is 0 Å². The van der Waals surface area contributed by atoms with E-state index in [9.17, 15) is 0 Å². The summed E-state index contributed by atoms with van der Waals surface area (Å²) in [7, 11) is 0. The molecule has 0 saturated heterocycles. The van der Waals surface area contributed by atoms with E-state index >= 15 is 0 Å². The summed E-state index contributed by atoms with van der Waals surface area (Å²) >= 11 is 0. The Morgan fingerprint density at radius 1 is 0.178 bits per heavy atom. The Hall–Kier alpha value is -8.95. The van der Waals surface area contributed by atoms with Crippen LogP contribution in [0.1, 0.15) is 0 Å². The molecule has 0 radical (unpaired) electrons.